The third-order valence-electron chi connectivity index (χ3n) is 2.65. The van der Waals surface area contributed by atoms with E-state index < -0.39 is 11.8 Å². The maximum absolute atomic E-state index is 11.7. The van der Waals surface area contributed by atoms with Crippen LogP contribution in [0.5, 0.6) is 0 Å². The lowest BCUT2D eigenvalue weighted by atomic mass is 10.2. The SMILES string of the molecule is Cc1ccccc1NC(=O)C(=O)N/N=C\c1ccccn1. The Labute approximate surface area is 121 Å². The van der Waals surface area contributed by atoms with E-state index in [1.54, 1.807) is 36.5 Å². The molecule has 1 aromatic heterocycles. The highest BCUT2D eigenvalue weighted by Crippen LogP contribution is 2.12. The number of para-hydroxylation sites is 1. The standard InChI is InChI=1S/C15H14N4O2/c1-11-6-2-3-8-13(11)18-14(20)15(21)19-17-10-12-7-4-5-9-16-12/h2-10H,1H3,(H,18,20)(H,19,21)/b17-10-. The number of aromatic nitrogens is 1. The van der Waals surface area contributed by atoms with Crippen LogP contribution < -0.4 is 10.7 Å². The molecule has 1 aromatic carbocycles. The number of nitrogens with zero attached hydrogens (tertiary/aromatic N) is 2. The highest BCUT2D eigenvalue weighted by Gasteiger charge is 2.13. The van der Waals surface area contributed by atoms with Gasteiger partial charge in [0.15, 0.2) is 0 Å². The molecule has 0 aliphatic carbocycles. The zero-order chi connectivity index (χ0) is 15.1. The number of nitrogens with one attached hydrogen (secondary N) is 2. The fourth-order valence-corrected chi connectivity index (χ4v) is 1.55. The Balaban J connectivity index is 1.90. The van der Waals surface area contributed by atoms with Gasteiger partial charge in [-0.05, 0) is 30.7 Å². The number of aryl methyl sites for hydroxylation is 1. The average molecular weight is 282 g/mol. The molecule has 1 heterocycles. The molecule has 0 atom stereocenters. The quantitative estimate of drug-likeness (QED) is 0.508. The monoisotopic (exact) mass is 282 g/mol. The predicted molar refractivity (Wildman–Crippen MR) is 79.8 cm³/mol. The first-order chi connectivity index (χ1) is 10.2. The molecule has 0 bridgehead atoms. The summed E-state index contributed by atoms with van der Waals surface area (Å²) < 4.78 is 0. The van der Waals surface area contributed by atoms with Crippen molar-refractivity contribution in [1.29, 1.82) is 0 Å². The number of carbonyl (C=O) groups is 2. The number of pyridine rings is 1. The number of hydrazone groups is 1. The molecule has 0 spiro atoms. The zero-order valence-electron chi connectivity index (χ0n) is 11.4. The van der Waals surface area contributed by atoms with Crippen LogP contribution in [0.15, 0.2) is 53.8 Å². The zero-order valence-corrected chi connectivity index (χ0v) is 11.4. The van der Waals surface area contributed by atoms with E-state index in [2.05, 4.69) is 20.8 Å². The number of benzene rings is 1. The van der Waals surface area contributed by atoms with Crippen LogP contribution in [-0.4, -0.2) is 23.0 Å². The van der Waals surface area contributed by atoms with Crippen LogP contribution >= 0.6 is 0 Å². The van der Waals surface area contributed by atoms with Crippen molar-refractivity contribution in [3.05, 3.63) is 59.9 Å². The van der Waals surface area contributed by atoms with Crippen LogP contribution in [-0.2, 0) is 9.59 Å². The van der Waals surface area contributed by atoms with Crippen LogP contribution in [0.4, 0.5) is 5.69 Å². The molecule has 2 amide bonds. The van der Waals surface area contributed by atoms with E-state index in [9.17, 15) is 9.59 Å². The van der Waals surface area contributed by atoms with Gasteiger partial charge in [0.25, 0.3) is 0 Å². The Morgan fingerprint density at radius 1 is 1.10 bits per heavy atom. The second-order valence-electron chi connectivity index (χ2n) is 4.22. The van der Waals surface area contributed by atoms with Gasteiger partial charge in [-0.3, -0.25) is 14.6 Å². The maximum Gasteiger partial charge on any atom is 0.329 e. The normalized spacial score (nSPS) is 10.3. The number of hydrogen-bond donors (Lipinski definition) is 2. The highest BCUT2D eigenvalue weighted by molar-refractivity contribution is 6.39. The summed E-state index contributed by atoms with van der Waals surface area (Å²) in [6, 6.07) is 12.5. The van der Waals surface area contributed by atoms with Crippen molar-refractivity contribution in [2.24, 2.45) is 5.10 Å². The van der Waals surface area contributed by atoms with E-state index in [0.29, 0.717) is 11.4 Å². The Hall–Kier alpha value is -3.02. The first-order valence-electron chi connectivity index (χ1n) is 6.28. The third kappa shape index (κ3) is 4.24. The molecule has 0 unspecified atom stereocenters. The predicted octanol–water partition coefficient (Wildman–Crippen LogP) is 1.48. The number of hydrogen-bond acceptors (Lipinski definition) is 4. The largest absolute Gasteiger partial charge is 0.329 e. The lowest BCUT2D eigenvalue weighted by Crippen LogP contribution is -2.32. The molecule has 0 aliphatic heterocycles. The molecule has 0 saturated heterocycles. The Morgan fingerprint density at radius 2 is 1.86 bits per heavy atom. The minimum Gasteiger partial charge on any atom is -0.317 e. The molecule has 0 saturated carbocycles. The Kier molecular flexibility index (Phi) is 4.76. The van der Waals surface area contributed by atoms with Crippen molar-refractivity contribution in [3.63, 3.8) is 0 Å². The first kappa shape index (κ1) is 14.4. The van der Waals surface area contributed by atoms with Gasteiger partial charge < -0.3 is 5.32 Å². The number of amides is 2. The number of anilines is 1. The van der Waals surface area contributed by atoms with E-state index in [0.717, 1.165) is 5.56 Å². The van der Waals surface area contributed by atoms with Gasteiger partial charge in [0.1, 0.15) is 0 Å². The Bertz CT molecular complexity index is 668. The van der Waals surface area contributed by atoms with E-state index in [4.69, 9.17) is 0 Å². The lowest BCUT2D eigenvalue weighted by Gasteiger charge is -2.06. The smallest absolute Gasteiger partial charge is 0.317 e. The van der Waals surface area contributed by atoms with Gasteiger partial charge in [-0.1, -0.05) is 24.3 Å². The van der Waals surface area contributed by atoms with Crippen LogP contribution in [0, 0.1) is 6.92 Å². The van der Waals surface area contributed by atoms with Crippen molar-refractivity contribution < 1.29 is 9.59 Å². The van der Waals surface area contributed by atoms with Crippen molar-refractivity contribution in [3.8, 4) is 0 Å². The summed E-state index contributed by atoms with van der Waals surface area (Å²) in [6.45, 7) is 1.84. The second-order valence-corrected chi connectivity index (χ2v) is 4.22. The first-order valence-corrected chi connectivity index (χ1v) is 6.28. The Morgan fingerprint density at radius 3 is 2.57 bits per heavy atom. The summed E-state index contributed by atoms with van der Waals surface area (Å²) in [6.07, 6.45) is 2.97. The molecule has 6 heteroatoms. The average Bonchev–Trinajstić information content (AvgIpc) is 2.50. The van der Waals surface area contributed by atoms with Crippen LogP contribution in [0.25, 0.3) is 0 Å². The van der Waals surface area contributed by atoms with E-state index in [1.165, 1.54) is 6.21 Å². The summed E-state index contributed by atoms with van der Waals surface area (Å²) in [4.78, 5) is 27.3. The highest BCUT2D eigenvalue weighted by atomic mass is 16.2. The summed E-state index contributed by atoms with van der Waals surface area (Å²) in [5.41, 5.74) is 4.19. The fraction of sp³-hybridized carbons (Fsp3) is 0.0667. The van der Waals surface area contributed by atoms with Crippen molar-refractivity contribution in [2.75, 3.05) is 5.32 Å². The van der Waals surface area contributed by atoms with Gasteiger partial charge in [-0.25, -0.2) is 5.43 Å². The van der Waals surface area contributed by atoms with Crippen LogP contribution in [0.2, 0.25) is 0 Å². The molecular formula is C15H14N4O2. The maximum atomic E-state index is 11.7. The van der Waals surface area contributed by atoms with Crippen molar-refractivity contribution in [1.82, 2.24) is 10.4 Å². The minimum atomic E-state index is -0.842. The van der Waals surface area contributed by atoms with E-state index >= 15 is 0 Å². The molecule has 0 radical (unpaired) electrons. The molecule has 2 rings (SSSR count). The summed E-state index contributed by atoms with van der Waals surface area (Å²) in [7, 11) is 0. The number of rotatable bonds is 3. The van der Waals surface area contributed by atoms with Gasteiger partial charge >= 0.3 is 11.8 Å². The molecule has 0 aliphatic rings. The van der Waals surface area contributed by atoms with E-state index in [1.807, 2.05) is 19.1 Å². The molecule has 0 fully saturated rings. The summed E-state index contributed by atoms with van der Waals surface area (Å²) in [5, 5.41) is 6.20. The topological polar surface area (TPSA) is 83.5 Å². The van der Waals surface area contributed by atoms with Gasteiger partial charge in [0.2, 0.25) is 0 Å². The van der Waals surface area contributed by atoms with Gasteiger partial charge in [-0.2, -0.15) is 5.10 Å². The molecule has 2 N–H and O–H groups in total. The lowest BCUT2D eigenvalue weighted by molar-refractivity contribution is -0.136. The minimum absolute atomic E-state index is 0.581. The molecule has 106 valence electrons. The van der Waals surface area contributed by atoms with Crippen molar-refractivity contribution in [2.45, 2.75) is 6.92 Å². The van der Waals surface area contributed by atoms with Gasteiger partial charge in [0.05, 0.1) is 11.9 Å². The summed E-state index contributed by atoms with van der Waals surface area (Å²) in [5.74, 6) is -1.62. The second kappa shape index (κ2) is 6.95. The van der Waals surface area contributed by atoms with E-state index in [-0.39, 0.29) is 0 Å². The summed E-state index contributed by atoms with van der Waals surface area (Å²) >= 11 is 0. The molecule has 6 nitrogen and oxygen atoms in total. The molecule has 2 aromatic rings. The number of carbonyl (C=O) groups excluding carboxylic acids is 2. The fourth-order valence-electron chi connectivity index (χ4n) is 1.55. The third-order valence-corrected chi connectivity index (χ3v) is 2.65. The van der Waals surface area contributed by atoms with Crippen molar-refractivity contribution >= 4 is 23.7 Å². The molecule has 21 heavy (non-hydrogen) atoms. The van der Waals surface area contributed by atoms with Gasteiger partial charge in [-0.15, -0.1) is 0 Å². The molecular weight excluding hydrogens is 268 g/mol. The van der Waals surface area contributed by atoms with Crippen LogP contribution in [0.1, 0.15) is 11.3 Å². The van der Waals surface area contributed by atoms with Gasteiger partial charge in [0, 0.05) is 11.9 Å². The van der Waals surface area contributed by atoms with Crippen LogP contribution in [0.3, 0.4) is 0 Å².